The van der Waals surface area contributed by atoms with Gasteiger partial charge in [0.15, 0.2) is 0 Å². The monoisotopic (exact) mass is 309 g/mol. The van der Waals surface area contributed by atoms with Gasteiger partial charge in [0.05, 0.1) is 18.1 Å². The van der Waals surface area contributed by atoms with Gasteiger partial charge in [-0.25, -0.2) is 0 Å². The third-order valence-corrected chi connectivity index (χ3v) is 4.19. The van der Waals surface area contributed by atoms with E-state index in [-0.39, 0.29) is 24.0 Å². The second-order valence-electron chi connectivity index (χ2n) is 6.36. The molecular weight excluding hydrogens is 286 g/mol. The molecular formula is C20H23NO2. The van der Waals surface area contributed by atoms with Crippen LogP contribution in [-0.4, -0.2) is 30.1 Å². The molecule has 0 saturated carbocycles. The zero-order valence-corrected chi connectivity index (χ0v) is 13.7. The Morgan fingerprint density at radius 2 is 1.43 bits per heavy atom. The van der Waals surface area contributed by atoms with Gasteiger partial charge in [-0.15, -0.1) is 0 Å². The maximum Gasteiger partial charge on any atom is 0.311 e. The molecule has 3 heteroatoms. The summed E-state index contributed by atoms with van der Waals surface area (Å²) in [6.07, 6.45) is -0.0457. The number of rotatable bonds is 5. The van der Waals surface area contributed by atoms with E-state index in [0.29, 0.717) is 0 Å². The highest BCUT2D eigenvalue weighted by Crippen LogP contribution is 2.34. The number of esters is 1. The molecule has 2 aromatic carbocycles. The molecule has 0 spiro atoms. The van der Waals surface area contributed by atoms with Crippen LogP contribution in [0, 0.1) is 5.92 Å². The molecule has 120 valence electrons. The number of hydrogen-bond donors (Lipinski definition) is 0. The van der Waals surface area contributed by atoms with E-state index >= 15 is 0 Å². The number of likely N-dealkylation sites (tertiary alicyclic amines) is 1. The van der Waals surface area contributed by atoms with Gasteiger partial charge in [-0.05, 0) is 25.0 Å². The van der Waals surface area contributed by atoms with E-state index in [1.54, 1.807) is 0 Å². The Balaban J connectivity index is 1.76. The van der Waals surface area contributed by atoms with Gasteiger partial charge in [0.1, 0.15) is 0 Å². The van der Waals surface area contributed by atoms with Crippen LogP contribution < -0.4 is 0 Å². The minimum absolute atomic E-state index is 0.00711. The fourth-order valence-electron chi connectivity index (χ4n) is 3.09. The molecule has 0 radical (unpaired) electrons. The van der Waals surface area contributed by atoms with Crippen LogP contribution in [-0.2, 0) is 9.53 Å². The van der Waals surface area contributed by atoms with Crippen LogP contribution in [0.1, 0.15) is 31.0 Å². The molecule has 3 rings (SSSR count). The molecule has 23 heavy (non-hydrogen) atoms. The topological polar surface area (TPSA) is 29.5 Å². The average molecular weight is 309 g/mol. The smallest absolute Gasteiger partial charge is 0.311 e. The lowest BCUT2D eigenvalue weighted by atomic mass is 9.90. The lowest BCUT2D eigenvalue weighted by Gasteiger charge is -2.43. The summed E-state index contributed by atoms with van der Waals surface area (Å²) in [6.45, 7) is 5.29. The van der Waals surface area contributed by atoms with Gasteiger partial charge in [-0.1, -0.05) is 60.7 Å². The van der Waals surface area contributed by atoms with Crippen LogP contribution in [0.2, 0.25) is 0 Å². The molecule has 3 nitrogen and oxygen atoms in total. The Morgan fingerprint density at radius 3 is 1.87 bits per heavy atom. The largest absolute Gasteiger partial charge is 0.463 e. The summed E-state index contributed by atoms with van der Waals surface area (Å²) in [7, 11) is 0. The first kappa shape index (κ1) is 15.8. The lowest BCUT2D eigenvalue weighted by molar-refractivity contribution is -0.159. The molecule has 1 saturated heterocycles. The van der Waals surface area contributed by atoms with E-state index < -0.39 is 0 Å². The highest BCUT2D eigenvalue weighted by atomic mass is 16.5. The van der Waals surface area contributed by atoms with Crippen molar-refractivity contribution in [2.75, 3.05) is 13.1 Å². The molecule has 0 aromatic heterocycles. The lowest BCUT2D eigenvalue weighted by Crippen LogP contribution is -2.52. The van der Waals surface area contributed by atoms with Gasteiger partial charge >= 0.3 is 5.97 Å². The molecule has 2 aromatic rings. The third-order valence-electron chi connectivity index (χ3n) is 4.19. The van der Waals surface area contributed by atoms with Gasteiger partial charge in [0.2, 0.25) is 0 Å². The van der Waals surface area contributed by atoms with Crippen molar-refractivity contribution in [2.24, 2.45) is 5.92 Å². The predicted molar refractivity (Wildman–Crippen MR) is 91.0 cm³/mol. The molecule has 0 atom stereocenters. The van der Waals surface area contributed by atoms with E-state index in [1.165, 1.54) is 11.1 Å². The quantitative estimate of drug-likeness (QED) is 0.789. The van der Waals surface area contributed by atoms with E-state index in [2.05, 4.69) is 53.4 Å². The summed E-state index contributed by atoms with van der Waals surface area (Å²) >= 11 is 0. The van der Waals surface area contributed by atoms with Gasteiger partial charge in [-0.3, -0.25) is 9.69 Å². The van der Waals surface area contributed by atoms with Gasteiger partial charge < -0.3 is 4.74 Å². The van der Waals surface area contributed by atoms with Crippen LogP contribution in [0.3, 0.4) is 0 Å². The number of carbonyl (C=O) groups is 1. The summed E-state index contributed by atoms with van der Waals surface area (Å²) in [5.41, 5.74) is 2.52. The number of carbonyl (C=O) groups excluding carboxylic acids is 1. The zero-order valence-electron chi connectivity index (χ0n) is 13.7. The van der Waals surface area contributed by atoms with Crippen molar-refractivity contribution in [1.29, 1.82) is 0 Å². The molecule has 1 aliphatic heterocycles. The highest BCUT2D eigenvalue weighted by molar-refractivity contribution is 5.74. The SMILES string of the molecule is CC(C)OC(=O)C1CN(C(c2ccccc2)c2ccccc2)C1. The fraction of sp³-hybridized carbons (Fsp3) is 0.350. The highest BCUT2D eigenvalue weighted by Gasteiger charge is 2.39. The second kappa shape index (κ2) is 6.97. The first-order valence-electron chi connectivity index (χ1n) is 8.19. The first-order valence-corrected chi connectivity index (χ1v) is 8.19. The van der Waals surface area contributed by atoms with Crippen molar-refractivity contribution in [2.45, 2.75) is 26.0 Å². The Hall–Kier alpha value is -2.13. The first-order chi connectivity index (χ1) is 11.1. The average Bonchev–Trinajstić information content (AvgIpc) is 2.51. The Kier molecular flexibility index (Phi) is 4.77. The summed E-state index contributed by atoms with van der Waals surface area (Å²) in [4.78, 5) is 14.4. The molecule has 1 heterocycles. The Morgan fingerprint density at radius 1 is 0.957 bits per heavy atom. The minimum Gasteiger partial charge on any atom is -0.463 e. The zero-order chi connectivity index (χ0) is 16.2. The van der Waals surface area contributed by atoms with Gasteiger partial charge in [0, 0.05) is 13.1 Å². The van der Waals surface area contributed by atoms with Gasteiger partial charge in [-0.2, -0.15) is 0 Å². The molecule has 0 amide bonds. The van der Waals surface area contributed by atoms with Crippen LogP contribution in [0.5, 0.6) is 0 Å². The van der Waals surface area contributed by atoms with E-state index in [4.69, 9.17) is 4.74 Å². The van der Waals surface area contributed by atoms with Crippen LogP contribution >= 0.6 is 0 Å². The molecule has 1 aliphatic rings. The second-order valence-corrected chi connectivity index (χ2v) is 6.36. The fourth-order valence-corrected chi connectivity index (χ4v) is 3.09. The number of hydrogen-bond acceptors (Lipinski definition) is 3. The maximum atomic E-state index is 12.0. The maximum absolute atomic E-state index is 12.0. The summed E-state index contributed by atoms with van der Waals surface area (Å²) < 4.78 is 5.33. The molecule has 0 aliphatic carbocycles. The number of nitrogens with zero attached hydrogens (tertiary/aromatic N) is 1. The van der Waals surface area contributed by atoms with Crippen molar-refractivity contribution in [3.63, 3.8) is 0 Å². The summed E-state index contributed by atoms with van der Waals surface area (Å²) in [5, 5.41) is 0. The third kappa shape index (κ3) is 3.62. The Bertz CT molecular complexity index is 594. The molecule has 0 unspecified atom stereocenters. The number of ether oxygens (including phenoxy) is 1. The van der Waals surface area contributed by atoms with E-state index in [0.717, 1.165) is 13.1 Å². The van der Waals surface area contributed by atoms with E-state index in [1.807, 2.05) is 26.0 Å². The normalized spacial score (nSPS) is 15.7. The Labute approximate surface area is 137 Å². The van der Waals surface area contributed by atoms with Crippen LogP contribution in [0.25, 0.3) is 0 Å². The van der Waals surface area contributed by atoms with Crippen molar-refractivity contribution in [3.8, 4) is 0 Å². The number of benzene rings is 2. The van der Waals surface area contributed by atoms with E-state index in [9.17, 15) is 4.79 Å². The molecule has 0 N–H and O–H groups in total. The summed E-state index contributed by atoms with van der Waals surface area (Å²) in [6, 6.07) is 21.1. The van der Waals surface area contributed by atoms with Crippen molar-refractivity contribution in [3.05, 3.63) is 71.8 Å². The van der Waals surface area contributed by atoms with Crippen LogP contribution in [0.15, 0.2) is 60.7 Å². The standard InChI is InChI=1S/C20H23NO2/c1-15(2)23-20(22)18-13-21(14-18)19(16-9-5-3-6-10-16)17-11-7-4-8-12-17/h3-12,15,18-19H,13-14H2,1-2H3. The summed E-state index contributed by atoms with van der Waals surface area (Å²) in [5.74, 6) is -0.0801. The van der Waals surface area contributed by atoms with Crippen LogP contribution in [0.4, 0.5) is 0 Å². The van der Waals surface area contributed by atoms with Gasteiger partial charge in [0.25, 0.3) is 0 Å². The minimum atomic E-state index is -0.0730. The van der Waals surface area contributed by atoms with Crippen molar-refractivity contribution >= 4 is 5.97 Å². The van der Waals surface area contributed by atoms with Crippen molar-refractivity contribution in [1.82, 2.24) is 4.90 Å². The van der Waals surface area contributed by atoms with Crippen molar-refractivity contribution < 1.29 is 9.53 Å². The molecule has 1 fully saturated rings. The molecule has 0 bridgehead atoms. The predicted octanol–water partition coefficient (Wildman–Crippen LogP) is 3.66.